The van der Waals surface area contributed by atoms with Crippen molar-refractivity contribution in [3.05, 3.63) is 0 Å². The molecule has 10 heavy (non-hydrogen) atoms. The minimum absolute atomic E-state index is 0.188. The SMILES string of the molecule is CCOC(=O)CCOCI. The highest BCUT2D eigenvalue weighted by Gasteiger charge is 1.99. The molecule has 0 fully saturated rings. The van der Waals surface area contributed by atoms with Crippen LogP contribution < -0.4 is 0 Å². The van der Waals surface area contributed by atoms with E-state index in [4.69, 9.17) is 4.74 Å². The van der Waals surface area contributed by atoms with Crippen molar-refractivity contribution >= 4 is 28.6 Å². The van der Waals surface area contributed by atoms with Crippen molar-refractivity contribution in [2.45, 2.75) is 13.3 Å². The van der Waals surface area contributed by atoms with Crippen LogP contribution >= 0.6 is 22.6 Å². The normalized spacial score (nSPS) is 9.40. The molecule has 0 N–H and O–H groups in total. The summed E-state index contributed by atoms with van der Waals surface area (Å²) in [5, 5.41) is 0. The number of alkyl halides is 1. The van der Waals surface area contributed by atoms with Crippen LogP contribution in [0.25, 0.3) is 0 Å². The Hall–Kier alpha value is 0.160. The first kappa shape index (κ1) is 10.2. The van der Waals surface area contributed by atoms with Gasteiger partial charge in [-0.2, -0.15) is 0 Å². The molecule has 0 atom stereocenters. The van der Waals surface area contributed by atoms with Gasteiger partial charge in [0.05, 0.1) is 24.2 Å². The van der Waals surface area contributed by atoms with E-state index in [1.165, 1.54) is 0 Å². The molecule has 0 heterocycles. The van der Waals surface area contributed by atoms with Crippen molar-refractivity contribution in [3.8, 4) is 0 Å². The van der Waals surface area contributed by atoms with Crippen LogP contribution in [0.5, 0.6) is 0 Å². The van der Waals surface area contributed by atoms with Crippen molar-refractivity contribution in [3.63, 3.8) is 0 Å². The number of carbonyl (C=O) groups excluding carboxylic acids is 1. The molecule has 0 aliphatic heterocycles. The third kappa shape index (κ3) is 6.28. The van der Waals surface area contributed by atoms with E-state index < -0.39 is 0 Å². The quantitative estimate of drug-likeness (QED) is 0.323. The van der Waals surface area contributed by atoms with Crippen LogP contribution in [0.15, 0.2) is 0 Å². The Morgan fingerprint density at radius 2 is 2.30 bits per heavy atom. The maximum Gasteiger partial charge on any atom is 0.308 e. The van der Waals surface area contributed by atoms with E-state index in [1.54, 1.807) is 6.92 Å². The Morgan fingerprint density at radius 1 is 1.60 bits per heavy atom. The Morgan fingerprint density at radius 3 is 2.80 bits per heavy atom. The smallest absolute Gasteiger partial charge is 0.308 e. The van der Waals surface area contributed by atoms with Gasteiger partial charge < -0.3 is 9.47 Å². The summed E-state index contributed by atoms with van der Waals surface area (Å²) in [6.45, 7) is 2.70. The van der Waals surface area contributed by atoms with Crippen LogP contribution in [-0.2, 0) is 14.3 Å². The fourth-order valence-electron chi connectivity index (χ4n) is 0.443. The van der Waals surface area contributed by atoms with Crippen LogP contribution in [0.3, 0.4) is 0 Å². The first-order valence-electron chi connectivity index (χ1n) is 3.10. The second kappa shape index (κ2) is 7.27. The molecule has 3 nitrogen and oxygen atoms in total. The Labute approximate surface area is 74.2 Å². The standard InChI is InChI=1S/C6H11IO3/c1-2-10-6(8)3-4-9-5-7/h2-5H2,1H3. The number of hydrogen-bond acceptors (Lipinski definition) is 3. The molecular formula is C6H11IO3. The van der Waals surface area contributed by atoms with Crippen LogP contribution in [0.1, 0.15) is 13.3 Å². The minimum Gasteiger partial charge on any atom is -0.466 e. The summed E-state index contributed by atoms with van der Waals surface area (Å²) in [6, 6.07) is 0. The van der Waals surface area contributed by atoms with Gasteiger partial charge in [-0.05, 0) is 6.92 Å². The zero-order valence-corrected chi connectivity index (χ0v) is 8.09. The highest BCUT2D eigenvalue weighted by atomic mass is 127. The maximum absolute atomic E-state index is 10.6. The maximum atomic E-state index is 10.6. The first-order chi connectivity index (χ1) is 4.81. The molecule has 4 heteroatoms. The summed E-state index contributed by atoms with van der Waals surface area (Å²) in [4.78, 5) is 10.6. The zero-order chi connectivity index (χ0) is 7.82. The second-order valence-electron chi connectivity index (χ2n) is 1.57. The van der Waals surface area contributed by atoms with Crippen molar-refractivity contribution in [2.24, 2.45) is 0 Å². The lowest BCUT2D eigenvalue weighted by molar-refractivity contribution is -0.144. The summed E-state index contributed by atoms with van der Waals surface area (Å²) in [7, 11) is 0. The van der Waals surface area contributed by atoms with Gasteiger partial charge in [0.1, 0.15) is 0 Å². The molecule has 0 aromatic heterocycles. The Bertz CT molecular complexity index is 95.0. The molecule has 0 rings (SSSR count). The van der Waals surface area contributed by atoms with Gasteiger partial charge in [-0.25, -0.2) is 0 Å². The van der Waals surface area contributed by atoms with Gasteiger partial charge in [0.25, 0.3) is 0 Å². The highest BCUT2D eigenvalue weighted by molar-refractivity contribution is 14.1. The van der Waals surface area contributed by atoms with Gasteiger partial charge in [0.2, 0.25) is 0 Å². The van der Waals surface area contributed by atoms with Crippen LogP contribution in [0, 0.1) is 0 Å². The van der Waals surface area contributed by atoms with E-state index in [0.29, 0.717) is 24.2 Å². The molecule has 0 saturated carbocycles. The summed E-state index contributed by atoms with van der Waals surface area (Å²) in [5.41, 5.74) is 0. The largest absolute Gasteiger partial charge is 0.466 e. The highest BCUT2D eigenvalue weighted by Crippen LogP contribution is 1.90. The molecule has 0 unspecified atom stereocenters. The number of hydrogen-bond donors (Lipinski definition) is 0. The molecule has 0 bridgehead atoms. The summed E-state index contributed by atoms with van der Waals surface area (Å²) in [6.07, 6.45) is 0.358. The number of ether oxygens (including phenoxy) is 2. The molecular weight excluding hydrogens is 247 g/mol. The Balaban J connectivity index is 3.05. The fourth-order valence-corrected chi connectivity index (χ4v) is 0.755. The molecule has 0 aliphatic rings. The van der Waals surface area contributed by atoms with Gasteiger partial charge >= 0.3 is 5.97 Å². The van der Waals surface area contributed by atoms with E-state index in [2.05, 4.69) is 27.3 Å². The lowest BCUT2D eigenvalue weighted by Crippen LogP contribution is -2.07. The van der Waals surface area contributed by atoms with E-state index >= 15 is 0 Å². The van der Waals surface area contributed by atoms with Gasteiger partial charge in [0.15, 0.2) is 0 Å². The van der Waals surface area contributed by atoms with Crippen LogP contribution in [0.4, 0.5) is 0 Å². The van der Waals surface area contributed by atoms with Crippen LogP contribution in [0.2, 0.25) is 0 Å². The first-order valence-corrected chi connectivity index (χ1v) is 4.63. The fraction of sp³-hybridized carbons (Fsp3) is 0.833. The predicted octanol–water partition coefficient (Wildman–Crippen LogP) is 1.35. The number of rotatable bonds is 5. The van der Waals surface area contributed by atoms with E-state index in [0.717, 1.165) is 0 Å². The molecule has 0 saturated heterocycles. The predicted molar refractivity (Wildman–Crippen MR) is 46.1 cm³/mol. The van der Waals surface area contributed by atoms with Crippen LogP contribution in [-0.4, -0.2) is 23.8 Å². The third-order valence-electron chi connectivity index (χ3n) is 0.833. The van der Waals surface area contributed by atoms with Gasteiger partial charge in [0, 0.05) is 0 Å². The summed E-state index contributed by atoms with van der Waals surface area (Å²) < 4.78 is 10.2. The summed E-state index contributed by atoms with van der Waals surface area (Å²) >= 11 is 2.08. The van der Waals surface area contributed by atoms with Crippen molar-refractivity contribution < 1.29 is 14.3 Å². The average Bonchev–Trinajstić information content (AvgIpc) is 1.89. The molecule has 0 aliphatic carbocycles. The average molecular weight is 258 g/mol. The monoisotopic (exact) mass is 258 g/mol. The Kier molecular flexibility index (Phi) is 7.39. The lowest BCUT2D eigenvalue weighted by Gasteiger charge is -2.00. The van der Waals surface area contributed by atoms with E-state index in [-0.39, 0.29) is 5.97 Å². The van der Waals surface area contributed by atoms with E-state index in [9.17, 15) is 4.79 Å². The number of carbonyl (C=O) groups is 1. The molecule has 0 radical (unpaired) electrons. The minimum atomic E-state index is -0.188. The molecule has 60 valence electrons. The van der Waals surface area contributed by atoms with Gasteiger partial charge in [-0.3, -0.25) is 4.79 Å². The second-order valence-corrected chi connectivity index (χ2v) is 2.20. The number of halogens is 1. The van der Waals surface area contributed by atoms with Gasteiger partial charge in [-0.15, -0.1) is 0 Å². The molecule has 0 aromatic carbocycles. The zero-order valence-electron chi connectivity index (χ0n) is 5.93. The third-order valence-corrected chi connectivity index (χ3v) is 1.27. The lowest BCUT2D eigenvalue weighted by atomic mass is 10.5. The molecule has 0 amide bonds. The van der Waals surface area contributed by atoms with Crippen molar-refractivity contribution in [2.75, 3.05) is 17.8 Å². The van der Waals surface area contributed by atoms with Crippen molar-refractivity contribution in [1.29, 1.82) is 0 Å². The van der Waals surface area contributed by atoms with Crippen molar-refractivity contribution in [1.82, 2.24) is 0 Å². The molecule has 0 aromatic rings. The molecule has 0 spiro atoms. The van der Waals surface area contributed by atoms with E-state index in [1.807, 2.05) is 0 Å². The topological polar surface area (TPSA) is 35.5 Å². The van der Waals surface area contributed by atoms with Gasteiger partial charge in [-0.1, -0.05) is 22.6 Å². The summed E-state index contributed by atoms with van der Waals surface area (Å²) in [5.74, 6) is -0.188. The number of esters is 1.